The molecule has 0 unspecified atom stereocenters. The van der Waals surface area contributed by atoms with Crippen molar-refractivity contribution in [3.8, 4) is 6.07 Å². The minimum Gasteiger partial charge on any atom is -0.244 e. The molecular weight excluding hydrogens is 230 g/mol. The Morgan fingerprint density at radius 1 is 1.38 bits per heavy atom. The van der Waals surface area contributed by atoms with E-state index in [-0.39, 0.29) is 0 Å². The Morgan fingerprint density at radius 2 is 2.23 bits per heavy atom. The second-order valence-electron chi connectivity index (χ2n) is 2.53. The van der Waals surface area contributed by atoms with Crippen LogP contribution in [0.3, 0.4) is 0 Å². The van der Waals surface area contributed by atoms with E-state index in [2.05, 4.69) is 32.0 Å². The first kappa shape index (κ1) is 8.14. The molecule has 0 saturated heterocycles. The maximum absolute atomic E-state index is 8.71. The molecule has 0 aliphatic carbocycles. The van der Waals surface area contributed by atoms with Gasteiger partial charge in [0, 0.05) is 16.1 Å². The number of hydrogen-bond donors (Lipinski definition) is 0. The van der Waals surface area contributed by atoms with Gasteiger partial charge in [-0.15, -0.1) is 0 Å². The molecule has 1 heterocycles. The fraction of sp³-hybridized carbons (Fsp3) is 0. The van der Waals surface area contributed by atoms with E-state index in [1.165, 1.54) is 6.33 Å². The van der Waals surface area contributed by atoms with Crippen LogP contribution in [-0.4, -0.2) is 9.97 Å². The molecule has 0 atom stereocenters. The van der Waals surface area contributed by atoms with Crippen molar-refractivity contribution in [2.24, 2.45) is 0 Å². The molecule has 1 aromatic heterocycles. The van der Waals surface area contributed by atoms with Crippen molar-refractivity contribution in [1.29, 1.82) is 5.26 Å². The van der Waals surface area contributed by atoms with Crippen molar-refractivity contribution < 1.29 is 0 Å². The molecule has 0 N–H and O–H groups in total. The number of halogens is 1. The highest BCUT2D eigenvalue weighted by molar-refractivity contribution is 9.10. The summed E-state index contributed by atoms with van der Waals surface area (Å²) in [6.45, 7) is 0. The lowest BCUT2D eigenvalue weighted by Gasteiger charge is -1.98. The molecule has 62 valence electrons. The second kappa shape index (κ2) is 3.11. The number of fused-ring (bicyclic) bond motifs is 1. The predicted molar refractivity (Wildman–Crippen MR) is 52.0 cm³/mol. The van der Waals surface area contributed by atoms with Gasteiger partial charge in [-0.3, -0.25) is 0 Å². The Kier molecular flexibility index (Phi) is 1.95. The molecule has 3 nitrogen and oxygen atoms in total. The molecule has 0 aliphatic rings. The lowest BCUT2D eigenvalue weighted by molar-refractivity contribution is 1.22. The fourth-order valence-electron chi connectivity index (χ4n) is 1.11. The van der Waals surface area contributed by atoms with E-state index in [0.29, 0.717) is 5.56 Å². The number of rotatable bonds is 0. The molecule has 1 aromatic carbocycles. The zero-order valence-corrected chi connectivity index (χ0v) is 8.12. The van der Waals surface area contributed by atoms with E-state index >= 15 is 0 Å². The Morgan fingerprint density at radius 3 is 3.00 bits per heavy atom. The molecular formula is C9H4BrN3. The third kappa shape index (κ3) is 1.38. The van der Waals surface area contributed by atoms with Gasteiger partial charge in [-0.2, -0.15) is 5.26 Å². The smallest absolute Gasteiger partial charge is 0.116 e. The number of nitrogens with zero attached hydrogens (tertiary/aromatic N) is 3. The van der Waals surface area contributed by atoms with Gasteiger partial charge in [-0.05, 0) is 28.1 Å². The third-order valence-corrected chi connectivity index (χ3v) is 2.36. The van der Waals surface area contributed by atoms with Gasteiger partial charge < -0.3 is 0 Å². The monoisotopic (exact) mass is 233 g/mol. The quantitative estimate of drug-likeness (QED) is 0.702. The lowest BCUT2D eigenvalue weighted by atomic mass is 10.2. The molecule has 0 radical (unpaired) electrons. The van der Waals surface area contributed by atoms with Crippen molar-refractivity contribution >= 4 is 26.8 Å². The normalized spacial score (nSPS) is 9.85. The van der Waals surface area contributed by atoms with Gasteiger partial charge in [0.2, 0.25) is 0 Å². The van der Waals surface area contributed by atoms with E-state index in [0.717, 1.165) is 15.4 Å². The van der Waals surface area contributed by atoms with Crippen LogP contribution in [0.25, 0.3) is 10.9 Å². The molecule has 2 rings (SSSR count). The summed E-state index contributed by atoms with van der Waals surface area (Å²) >= 11 is 3.36. The van der Waals surface area contributed by atoms with Crippen molar-refractivity contribution in [1.82, 2.24) is 9.97 Å². The van der Waals surface area contributed by atoms with Crippen molar-refractivity contribution in [2.75, 3.05) is 0 Å². The average molecular weight is 234 g/mol. The summed E-state index contributed by atoms with van der Waals surface area (Å²) in [5.41, 5.74) is 1.37. The summed E-state index contributed by atoms with van der Waals surface area (Å²) in [6.07, 6.45) is 3.18. The van der Waals surface area contributed by atoms with Crippen LogP contribution in [0, 0.1) is 11.3 Å². The van der Waals surface area contributed by atoms with E-state index in [9.17, 15) is 0 Å². The van der Waals surface area contributed by atoms with Gasteiger partial charge in [0.05, 0.1) is 17.1 Å². The summed E-state index contributed by atoms with van der Waals surface area (Å²) < 4.78 is 0.849. The van der Waals surface area contributed by atoms with Crippen molar-refractivity contribution in [2.45, 2.75) is 0 Å². The highest BCUT2D eigenvalue weighted by Crippen LogP contribution is 2.22. The van der Waals surface area contributed by atoms with Gasteiger partial charge in [-0.25, -0.2) is 9.97 Å². The molecule has 0 amide bonds. The molecule has 0 saturated carbocycles. The molecule has 0 bridgehead atoms. The van der Waals surface area contributed by atoms with Gasteiger partial charge >= 0.3 is 0 Å². The van der Waals surface area contributed by atoms with Gasteiger partial charge in [0.25, 0.3) is 0 Å². The fourth-order valence-corrected chi connectivity index (χ4v) is 1.66. The van der Waals surface area contributed by atoms with Crippen LogP contribution in [0.2, 0.25) is 0 Å². The van der Waals surface area contributed by atoms with Gasteiger partial charge in [-0.1, -0.05) is 0 Å². The second-order valence-corrected chi connectivity index (χ2v) is 3.38. The van der Waals surface area contributed by atoms with Crippen LogP contribution in [0.4, 0.5) is 0 Å². The Labute approximate surface area is 83.2 Å². The van der Waals surface area contributed by atoms with Crippen LogP contribution in [0.15, 0.2) is 29.1 Å². The summed E-state index contributed by atoms with van der Waals surface area (Å²) in [5.74, 6) is 0. The lowest BCUT2D eigenvalue weighted by Crippen LogP contribution is -1.84. The molecule has 13 heavy (non-hydrogen) atoms. The van der Waals surface area contributed by atoms with Gasteiger partial charge in [0.15, 0.2) is 0 Å². The summed E-state index contributed by atoms with van der Waals surface area (Å²) in [7, 11) is 0. The summed E-state index contributed by atoms with van der Waals surface area (Å²) in [4.78, 5) is 7.96. The molecule has 0 spiro atoms. The van der Waals surface area contributed by atoms with Crippen LogP contribution < -0.4 is 0 Å². The average Bonchev–Trinajstić information content (AvgIpc) is 2.18. The number of aromatic nitrogens is 2. The molecule has 0 fully saturated rings. The Bertz CT molecular complexity index is 502. The topological polar surface area (TPSA) is 49.6 Å². The van der Waals surface area contributed by atoms with Crippen molar-refractivity contribution in [3.05, 3.63) is 34.7 Å². The maximum Gasteiger partial charge on any atom is 0.116 e. The number of benzene rings is 1. The van der Waals surface area contributed by atoms with Crippen molar-refractivity contribution in [3.63, 3.8) is 0 Å². The van der Waals surface area contributed by atoms with E-state index < -0.39 is 0 Å². The zero-order chi connectivity index (χ0) is 9.26. The Balaban J connectivity index is 2.86. The van der Waals surface area contributed by atoms with E-state index in [1.54, 1.807) is 18.3 Å². The minimum absolute atomic E-state index is 0.595. The third-order valence-electron chi connectivity index (χ3n) is 1.70. The number of nitriles is 1. The highest BCUT2D eigenvalue weighted by Gasteiger charge is 2.01. The Hall–Kier alpha value is -1.47. The first-order chi connectivity index (χ1) is 6.31. The minimum atomic E-state index is 0.595. The zero-order valence-electron chi connectivity index (χ0n) is 6.53. The first-order valence-electron chi connectivity index (χ1n) is 3.60. The molecule has 2 aromatic rings. The van der Waals surface area contributed by atoms with Crippen LogP contribution in [0.5, 0.6) is 0 Å². The SMILES string of the molecule is N#Cc1cc(Br)c2cncnc2c1. The summed E-state index contributed by atoms with van der Waals surface area (Å²) in [6, 6.07) is 5.56. The van der Waals surface area contributed by atoms with Crippen LogP contribution in [-0.2, 0) is 0 Å². The van der Waals surface area contributed by atoms with E-state index in [1.807, 2.05) is 0 Å². The number of hydrogen-bond acceptors (Lipinski definition) is 3. The molecule has 4 heteroatoms. The first-order valence-corrected chi connectivity index (χ1v) is 4.40. The standard InChI is InChI=1S/C9H4BrN3/c10-8-1-6(3-11)2-9-7(8)4-12-5-13-9/h1-2,4-5H. The molecule has 0 aliphatic heterocycles. The maximum atomic E-state index is 8.71. The largest absolute Gasteiger partial charge is 0.244 e. The summed E-state index contributed by atoms with van der Waals surface area (Å²) in [5, 5.41) is 9.63. The van der Waals surface area contributed by atoms with Gasteiger partial charge in [0.1, 0.15) is 6.33 Å². The van der Waals surface area contributed by atoms with E-state index in [4.69, 9.17) is 5.26 Å². The van der Waals surface area contributed by atoms with Crippen LogP contribution in [0.1, 0.15) is 5.56 Å². The van der Waals surface area contributed by atoms with Crippen LogP contribution >= 0.6 is 15.9 Å². The predicted octanol–water partition coefficient (Wildman–Crippen LogP) is 2.26. The highest BCUT2D eigenvalue weighted by atomic mass is 79.9.